The largest absolute Gasteiger partial charge is 0.392 e. The van der Waals surface area contributed by atoms with E-state index in [9.17, 15) is 0 Å². The van der Waals surface area contributed by atoms with E-state index in [1.54, 1.807) is 0 Å². The van der Waals surface area contributed by atoms with Gasteiger partial charge in [-0.05, 0) is 31.8 Å². The van der Waals surface area contributed by atoms with Crippen molar-refractivity contribution < 1.29 is 0 Å². The summed E-state index contributed by atoms with van der Waals surface area (Å²) in [6, 6.07) is 0. The lowest BCUT2D eigenvalue weighted by atomic mass is 9.94. The van der Waals surface area contributed by atoms with Crippen molar-refractivity contribution in [1.29, 1.82) is 0 Å². The van der Waals surface area contributed by atoms with Crippen LogP contribution in [0.2, 0.25) is 0 Å². The molecule has 0 aromatic carbocycles. The zero-order chi connectivity index (χ0) is 8.97. The van der Waals surface area contributed by atoms with Crippen LogP contribution in [-0.4, -0.2) is 29.5 Å². The van der Waals surface area contributed by atoms with Crippen molar-refractivity contribution in [2.75, 3.05) is 19.6 Å². The second kappa shape index (κ2) is 4.77. The lowest BCUT2D eigenvalue weighted by Crippen LogP contribution is -2.38. The van der Waals surface area contributed by atoms with Gasteiger partial charge in [0.25, 0.3) is 0 Å². The van der Waals surface area contributed by atoms with Gasteiger partial charge in [0.1, 0.15) is 0 Å². The number of hydrogen-bond acceptors (Lipinski definition) is 2. The molecular weight excluding hydrogens is 168 g/mol. The molecule has 0 saturated carbocycles. The molecule has 1 aliphatic rings. The van der Waals surface area contributed by atoms with Gasteiger partial charge in [-0.2, -0.15) is 0 Å². The summed E-state index contributed by atoms with van der Waals surface area (Å²) in [4.78, 5) is 2.99. The molecule has 0 amide bonds. The number of thiocarbonyl (C=S) groups is 1. The molecule has 0 atom stereocenters. The molecule has 2 nitrogen and oxygen atoms in total. The van der Waals surface area contributed by atoms with Crippen molar-refractivity contribution in [2.24, 2.45) is 11.7 Å². The minimum Gasteiger partial charge on any atom is -0.392 e. The normalized spacial score (nSPS) is 21.1. The first-order valence-corrected chi connectivity index (χ1v) is 5.14. The molecule has 3 heteroatoms. The Hall–Kier alpha value is -0.150. The molecule has 1 fully saturated rings. The Balaban J connectivity index is 2.21. The highest BCUT2D eigenvalue weighted by Gasteiger charge is 2.17. The SMILES string of the molecule is CCC1CCN(CC(N)=S)CC1. The molecule has 0 aromatic rings. The monoisotopic (exact) mass is 186 g/mol. The van der Waals surface area contributed by atoms with Crippen LogP contribution in [0.1, 0.15) is 26.2 Å². The van der Waals surface area contributed by atoms with Crippen LogP contribution in [0, 0.1) is 5.92 Å². The fourth-order valence-corrected chi connectivity index (χ4v) is 1.96. The zero-order valence-corrected chi connectivity index (χ0v) is 8.57. The maximum atomic E-state index is 5.48. The third kappa shape index (κ3) is 3.07. The highest BCUT2D eigenvalue weighted by atomic mass is 32.1. The molecule has 2 N–H and O–H groups in total. The predicted octanol–water partition coefficient (Wildman–Crippen LogP) is 1.39. The van der Waals surface area contributed by atoms with Gasteiger partial charge in [0.15, 0.2) is 0 Å². The van der Waals surface area contributed by atoms with E-state index < -0.39 is 0 Å². The third-order valence-electron chi connectivity index (χ3n) is 2.66. The Bertz CT molecular complexity index is 151. The maximum absolute atomic E-state index is 5.48. The highest BCUT2D eigenvalue weighted by Crippen LogP contribution is 2.19. The van der Waals surface area contributed by atoms with Gasteiger partial charge in [-0.25, -0.2) is 0 Å². The zero-order valence-electron chi connectivity index (χ0n) is 7.75. The van der Waals surface area contributed by atoms with Gasteiger partial charge < -0.3 is 5.73 Å². The van der Waals surface area contributed by atoms with Crippen LogP contribution in [0.5, 0.6) is 0 Å². The summed E-state index contributed by atoms with van der Waals surface area (Å²) in [5.41, 5.74) is 5.48. The number of hydrogen-bond donors (Lipinski definition) is 1. The Labute approximate surface area is 80.1 Å². The average molecular weight is 186 g/mol. The smallest absolute Gasteiger partial charge is 0.0870 e. The van der Waals surface area contributed by atoms with Crippen molar-refractivity contribution in [2.45, 2.75) is 26.2 Å². The number of piperidine rings is 1. The van der Waals surface area contributed by atoms with Gasteiger partial charge >= 0.3 is 0 Å². The summed E-state index contributed by atoms with van der Waals surface area (Å²) in [7, 11) is 0. The van der Waals surface area contributed by atoms with E-state index in [1.165, 1.54) is 32.4 Å². The van der Waals surface area contributed by atoms with Crippen LogP contribution in [-0.2, 0) is 0 Å². The van der Waals surface area contributed by atoms with E-state index in [0.717, 1.165) is 12.5 Å². The average Bonchev–Trinajstić information content (AvgIpc) is 2.05. The van der Waals surface area contributed by atoms with Crippen LogP contribution in [0.15, 0.2) is 0 Å². The van der Waals surface area contributed by atoms with E-state index in [-0.39, 0.29) is 0 Å². The molecule has 0 radical (unpaired) electrons. The Morgan fingerprint density at radius 1 is 1.50 bits per heavy atom. The molecule has 0 aliphatic carbocycles. The summed E-state index contributed by atoms with van der Waals surface area (Å²) < 4.78 is 0. The van der Waals surface area contributed by atoms with E-state index in [0.29, 0.717) is 4.99 Å². The first-order valence-electron chi connectivity index (χ1n) is 4.73. The second-order valence-electron chi connectivity index (χ2n) is 3.59. The van der Waals surface area contributed by atoms with Crippen molar-refractivity contribution in [3.05, 3.63) is 0 Å². The topological polar surface area (TPSA) is 29.3 Å². The molecule has 70 valence electrons. The van der Waals surface area contributed by atoms with E-state index >= 15 is 0 Å². The Morgan fingerprint density at radius 2 is 2.08 bits per heavy atom. The van der Waals surface area contributed by atoms with Gasteiger partial charge in [0.2, 0.25) is 0 Å². The minimum absolute atomic E-state index is 0.630. The standard InChI is InChI=1S/C9H18N2S/c1-2-8-3-5-11(6-4-8)7-9(10)12/h8H,2-7H2,1H3,(H2,10,12). The maximum Gasteiger partial charge on any atom is 0.0870 e. The fraction of sp³-hybridized carbons (Fsp3) is 0.889. The van der Waals surface area contributed by atoms with E-state index in [2.05, 4.69) is 11.8 Å². The van der Waals surface area contributed by atoms with Gasteiger partial charge in [-0.1, -0.05) is 25.6 Å². The summed E-state index contributed by atoms with van der Waals surface area (Å²) in [5.74, 6) is 0.938. The molecule has 0 aromatic heterocycles. The minimum atomic E-state index is 0.630. The summed E-state index contributed by atoms with van der Waals surface area (Å²) >= 11 is 4.87. The first kappa shape index (κ1) is 9.93. The highest BCUT2D eigenvalue weighted by molar-refractivity contribution is 7.80. The van der Waals surface area contributed by atoms with Crippen molar-refractivity contribution >= 4 is 17.2 Å². The van der Waals surface area contributed by atoms with Crippen molar-refractivity contribution in [1.82, 2.24) is 4.90 Å². The number of rotatable bonds is 3. The van der Waals surface area contributed by atoms with Crippen LogP contribution >= 0.6 is 12.2 Å². The Kier molecular flexibility index (Phi) is 3.95. The molecule has 12 heavy (non-hydrogen) atoms. The summed E-state index contributed by atoms with van der Waals surface area (Å²) in [6.07, 6.45) is 3.96. The van der Waals surface area contributed by atoms with Gasteiger partial charge in [0.05, 0.1) is 4.99 Å². The fourth-order valence-electron chi connectivity index (χ4n) is 1.77. The van der Waals surface area contributed by atoms with Gasteiger partial charge in [-0.3, -0.25) is 4.90 Å². The molecular formula is C9H18N2S. The molecule has 0 bridgehead atoms. The van der Waals surface area contributed by atoms with Crippen LogP contribution < -0.4 is 5.73 Å². The second-order valence-corrected chi connectivity index (χ2v) is 4.12. The summed E-state index contributed by atoms with van der Waals surface area (Å²) in [5, 5.41) is 0. The molecule has 1 aliphatic heterocycles. The number of likely N-dealkylation sites (tertiary alicyclic amines) is 1. The van der Waals surface area contributed by atoms with Crippen LogP contribution in [0.3, 0.4) is 0 Å². The van der Waals surface area contributed by atoms with Crippen molar-refractivity contribution in [3.63, 3.8) is 0 Å². The van der Waals surface area contributed by atoms with Crippen LogP contribution in [0.25, 0.3) is 0 Å². The van der Waals surface area contributed by atoms with E-state index in [1.807, 2.05) is 0 Å². The lowest BCUT2D eigenvalue weighted by Gasteiger charge is -2.30. The van der Waals surface area contributed by atoms with Gasteiger partial charge in [-0.15, -0.1) is 0 Å². The predicted molar refractivity (Wildman–Crippen MR) is 56.2 cm³/mol. The molecule has 0 spiro atoms. The quantitative estimate of drug-likeness (QED) is 0.675. The lowest BCUT2D eigenvalue weighted by molar-refractivity contribution is 0.203. The number of nitrogens with zero attached hydrogens (tertiary/aromatic N) is 1. The first-order chi connectivity index (χ1) is 5.72. The van der Waals surface area contributed by atoms with Crippen LogP contribution in [0.4, 0.5) is 0 Å². The summed E-state index contributed by atoms with van der Waals surface area (Å²) in [6.45, 7) is 5.44. The number of nitrogens with two attached hydrogens (primary N) is 1. The van der Waals surface area contributed by atoms with E-state index in [4.69, 9.17) is 18.0 Å². The molecule has 1 heterocycles. The molecule has 0 unspecified atom stereocenters. The molecule has 1 saturated heterocycles. The van der Waals surface area contributed by atoms with Crippen molar-refractivity contribution in [3.8, 4) is 0 Å². The molecule has 1 rings (SSSR count). The third-order valence-corrected chi connectivity index (χ3v) is 2.79. The van der Waals surface area contributed by atoms with Gasteiger partial charge in [0, 0.05) is 6.54 Å². The Morgan fingerprint density at radius 3 is 2.50 bits per heavy atom.